The molecular formula is C5H11OTi. The van der Waals surface area contributed by atoms with Crippen molar-refractivity contribution in [2.75, 3.05) is 6.61 Å². The van der Waals surface area contributed by atoms with Gasteiger partial charge in [-0.05, 0) is 5.41 Å². The Morgan fingerprint density at radius 2 is 1.43 bits per heavy atom. The molecule has 0 aromatic heterocycles. The van der Waals surface area contributed by atoms with Gasteiger partial charge in [0.2, 0.25) is 0 Å². The van der Waals surface area contributed by atoms with Gasteiger partial charge in [0, 0.05) is 21.7 Å². The minimum absolute atomic E-state index is 0. The normalized spacial score (nSPS) is 10.3. The summed E-state index contributed by atoms with van der Waals surface area (Å²) < 4.78 is 0. The average molecular weight is 135 g/mol. The summed E-state index contributed by atoms with van der Waals surface area (Å²) in [5.74, 6) is 0. The minimum Gasteiger partial charge on any atom is -0.236 e. The monoisotopic (exact) mass is 135 g/mol. The van der Waals surface area contributed by atoms with Crippen molar-refractivity contribution in [2.45, 2.75) is 20.8 Å². The molecule has 0 aromatic rings. The first-order valence-electron chi connectivity index (χ1n) is 2.14. The van der Waals surface area contributed by atoms with Crippen LogP contribution in [0.25, 0.3) is 0 Å². The van der Waals surface area contributed by atoms with Crippen LogP contribution in [0.1, 0.15) is 20.8 Å². The molecule has 0 aliphatic heterocycles. The van der Waals surface area contributed by atoms with Gasteiger partial charge in [-0.2, -0.15) is 0 Å². The van der Waals surface area contributed by atoms with Crippen molar-refractivity contribution in [3.8, 4) is 0 Å². The molecule has 1 nitrogen and oxygen atoms in total. The predicted octanol–water partition coefficient (Wildman–Crippen LogP) is 1.46. The third-order valence-electron chi connectivity index (χ3n) is 0.433. The number of hydrogen-bond acceptors (Lipinski definition) is 0. The van der Waals surface area contributed by atoms with Gasteiger partial charge >= 0.3 is 0 Å². The molecule has 0 fully saturated rings. The van der Waals surface area contributed by atoms with E-state index in [2.05, 4.69) is 0 Å². The zero-order valence-electron chi connectivity index (χ0n) is 5.12. The molecule has 0 saturated carbocycles. The first-order chi connectivity index (χ1) is 2.56. The molecule has 0 heterocycles. The van der Waals surface area contributed by atoms with Crippen molar-refractivity contribution in [2.24, 2.45) is 5.41 Å². The van der Waals surface area contributed by atoms with Crippen molar-refractivity contribution in [1.29, 1.82) is 0 Å². The van der Waals surface area contributed by atoms with Crippen LogP contribution >= 0.6 is 0 Å². The number of rotatable bonds is 0. The smallest absolute Gasteiger partial charge is 0.0870 e. The van der Waals surface area contributed by atoms with Gasteiger partial charge < -0.3 is 0 Å². The van der Waals surface area contributed by atoms with Crippen molar-refractivity contribution < 1.29 is 26.8 Å². The van der Waals surface area contributed by atoms with Gasteiger partial charge in [0.15, 0.2) is 0 Å². The molecule has 2 heteroatoms. The van der Waals surface area contributed by atoms with E-state index in [0.29, 0.717) is 0 Å². The summed E-state index contributed by atoms with van der Waals surface area (Å²) in [6, 6.07) is 0. The van der Waals surface area contributed by atoms with Gasteiger partial charge in [-0.15, -0.1) is 0 Å². The van der Waals surface area contributed by atoms with Crippen LogP contribution in [-0.4, -0.2) is 6.61 Å². The first kappa shape index (κ1) is 10.6. The maximum Gasteiger partial charge on any atom is 0.0870 e. The molecule has 7 heavy (non-hydrogen) atoms. The topological polar surface area (TPSA) is 19.9 Å². The third-order valence-corrected chi connectivity index (χ3v) is 0.433. The summed E-state index contributed by atoms with van der Waals surface area (Å²) >= 11 is 0. The van der Waals surface area contributed by atoms with E-state index in [1.807, 2.05) is 20.8 Å². The Labute approximate surface area is 60.0 Å². The van der Waals surface area contributed by atoms with Crippen LogP contribution in [0.15, 0.2) is 0 Å². The SMILES string of the molecule is CC(C)(C)C[O].[Ti]. The predicted molar refractivity (Wildman–Crippen MR) is 25.0 cm³/mol. The maximum atomic E-state index is 9.95. The van der Waals surface area contributed by atoms with Crippen molar-refractivity contribution in [1.82, 2.24) is 0 Å². The van der Waals surface area contributed by atoms with Gasteiger partial charge in [-0.1, -0.05) is 20.8 Å². The Morgan fingerprint density at radius 3 is 1.43 bits per heavy atom. The summed E-state index contributed by atoms with van der Waals surface area (Å²) in [6.45, 7) is 5.81. The Kier molecular flexibility index (Phi) is 5.53. The molecule has 41 valence electrons. The average Bonchev–Trinajstić information content (AvgIpc) is 1.35. The quantitative estimate of drug-likeness (QED) is 0.448. The Hall–Kier alpha value is 0.674. The van der Waals surface area contributed by atoms with Crippen molar-refractivity contribution in [3.63, 3.8) is 0 Å². The van der Waals surface area contributed by atoms with Crippen LogP contribution in [0, 0.1) is 5.41 Å². The van der Waals surface area contributed by atoms with E-state index in [9.17, 15) is 5.11 Å². The molecule has 1 radical (unpaired) electrons. The molecule has 0 aliphatic carbocycles. The van der Waals surface area contributed by atoms with Crippen LogP contribution in [0.2, 0.25) is 0 Å². The Bertz CT molecular complexity index is 37.8. The zero-order chi connectivity index (χ0) is 5.21. The maximum absolute atomic E-state index is 9.95. The van der Waals surface area contributed by atoms with Crippen LogP contribution in [0.4, 0.5) is 0 Å². The fourth-order valence-electron chi connectivity index (χ4n) is 0. The second-order valence-corrected chi connectivity index (χ2v) is 2.70. The molecule has 0 atom stereocenters. The van der Waals surface area contributed by atoms with Crippen molar-refractivity contribution in [3.05, 3.63) is 0 Å². The van der Waals surface area contributed by atoms with Crippen molar-refractivity contribution >= 4 is 0 Å². The molecule has 0 N–H and O–H groups in total. The van der Waals surface area contributed by atoms with Gasteiger partial charge in [0.1, 0.15) is 0 Å². The van der Waals surface area contributed by atoms with Gasteiger partial charge in [-0.3, -0.25) is 0 Å². The Morgan fingerprint density at radius 1 is 1.29 bits per heavy atom. The van der Waals surface area contributed by atoms with Gasteiger partial charge in [0.25, 0.3) is 0 Å². The fraction of sp³-hybridized carbons (Fsp3) is 1.00. The molecular weight excluding hydrogens is 124 g/mol. The summed E-state index contributed by atoms with van der Waals surface area (Å²) in [5, 5.41) is 9.95. The summed E-state index contributed by atoms with van der Waals surface area (Å²) in [7, 11) is 0. The molecule has 0 spiro atoms. The van der Waals surface area contributed by atoms with Gasteiger partial charge in [-0.25, -0.2) is 5.11 Å². The number of hydrogen-bond donors (Lipinski definition) is 0. The van der Waals surface area contributed by atoms with Gasteiger partial charge in [0.05, 0.1) is 6.61 Å². The van der Waals surface area contributed by atoms with E-state index in [4.69, 9.17) is 0 Å². The first-order valence-corrected chi connectivity index (χ1v) is 2.14. The molecule has 0 unspecified atom stereocenters. The molecule has 0 amide bonds. The fourth-order valence-corrected chi connectivity index (χ4v) is 0. The van der Waals surface area contributed by atoms with E-state index in [-0.39, 0.29) is 33.7 Å². The molecule has 0 aliphatic rings. The second-order valence-electron chi connectivity index (χ2n) is 2.70. The molecule has 0 aromatic carbocycles. The summed E-state index contributed by atoms with van der Waals surface area (Å²) in [5.41, 5.74) is -0.0139. The van der Waals surface area contributed by atoms with Crippen LogP contribution < -0.4 is 0 Å². The van der Waals surface area contributed by atoms with Crippen LogP contribution in [-0.2, 0) is 26.8 Å². The van der Waals surface area contributed by atoms with E-state index in [1.165, 1.54) is 0 Å². The van der Waals surface area contributed by atoms with Crippen LogP contribution in [0.5, 0.6) is 0 Å². The largest absolute Gasteiger partial charge is 0.236 e. The van der Waals surface area contributed by atoms with Crippen LogP contribution in [0.3, 0.4) is 0 Å². The van der Waals surface area contributed by atoms with E-state index < -0.39 is 0 Å². The molecule has 0 bridgehead atoms. The second kappa shape index (κ2) is 3.65. The van der Waals surface area contributed by atoms with E-state index in [1.54, 1.807) is 0 Å². The Balaban J connectivity index is 0. The third kappa shape index (κ3) is 10.8. The summed E-state index contributed by atoms with van der Waals surface area (Å²) in [4.78, 5) is 0. The standard InChI is InChI=1S/C5H11O.Ti/c1-5(2,3)4-6;/h4H2,1-3H3;. The molecule has 0 rings (SSSR count). The minimum atomic E-state index is -0.0139. The van der Waals surface area contributed by atoms with E-state index >= 15 is 0 Å². The van der Waals surface area contributed by atoms with E-state index in [0.717, 1.165) is 0 Å². The summed E-state index contributed by atoms with van der Waals surface area (Å²) in [6.07, 6.45) is 0. The zero-order valence-corrected chi connectivity index (χ0v) is 6.68. The molecule has 0 saturated heterocycles.